The minimum atomic E-state index is -2.32. The molecule has 70 valence electrons. The lowest BCUT2D eigenvalue weighted by atomic mass is 10.1. The first-order valence-electron chi connectivity index (χ1n) is 3.79. The summed E-state index contributed by atoms with van der Waals surface area (Å²) in [4.78, 5) is 10.2. The summed E-state index contributed by atoms with van der Waals surface area (Å²) >= 11 is 0. The van der Waals surface area contributed by atoms with Gasteiger partial charge in [-0.1, -0.05) is 0 Å². The van der Waals surface area contributed by atoms with Crippen LogP contribution in [0.3, 0.4) is 0 Å². The van der Waals surface area contributed by atoms with Crippen LogP contribution in [0.25, 0.3) is 0 Å². The number of carbonyl (C=O) groups is 1. The Bertz CT molecular complexity index is 186. The smallest absolute Gasteiger partial charge is 0.320 e. The Morgan fingerprint density at radius 2 is 2.25 bits per heavy atom. The summed E-state index contributed by atoms with van der Waals surface area (Å²) in [5.41, 5.74) is 5.18. The Balaban J connectivity index is 2.23. The standard InChI is InChI=1S/C7H11F2NO2/c8-6(9)4-1-3(4)2-5(10)7(11)12/h3-6H,1-2,10H2,(H,11,12)/t3-,4+,5+/m0/s1. The molecule has 0 radical (unpaired) electrons. The van der Waals surface area contributed by atoms with Gasteiger partial charge in [0.2, 0.25) is 6.43 Å². The summed E-state index contributed by atoms with van der Waals surface area (Å²) in [6, 6.07) is -0.987. The molecule has 3 N–H and O–H groups in total. The number of carboxylic acids is 1. The zero-order valence-electron chi connectivity index (χ0n) is 6.41. The van der Waals surface area contributed by atoms with E-state index >= 15 is 0 Å². The van der Waals surface area contributed by atoms with Crippen molar-refractivity contribution in [3.63, 3.8) is 0 Å². The molecule has 1 fully saturated rings. The lowest BCUT2D eigenvalue weighted by Gasteiger charge is -2.04. The Morgan fingerprint density at radius 1 is 1.67 bits per heavy atom. The Morgan fingerprint density at radius 3 is 2.58 bits per heavy atom. The molecule has 1 aliphatic carbocycles. The molecule has 12 heavy (non-hydrogen) atoms. The zero-order chi connectivity index (χ0) is 9.30. The van der Waals surface area contributed by atoms with Crippen molar-refractivity contribution in [1.29, 1.82) is 0 Å². The highest BCUT2D eigenvalue weighted by molar-refractivity contribution is 5.73. The van der Waals surface area contributed by atoms with Crippen LogP contribution >= 0.6 is 0 Å². The Kier molecular flexibility index (Phi) is 2.62. The van der Waals surface area contributed by atoms with Crippen molar-refractivity contribution < 1.29 is 18.7 Å². The van der Waals surface area contributed by atoms with Crippen molar-refractivity contribution in [3.05, 3.63) is 0 Å². The predicted molar refractivity (Wildman–Crippen MR) is 37.8 cm³/mol. The molecule has 1 saturated carbocycles. The van der Waals surface area contributed by atoms with Gasteiger partial charge < -0.3 is 10.8 Å². The fraction of sp³-hybridized carbons (Fsp3) is 0.857. The average molecular weight is 179 g/mol. The van der Waals surface area contributed by atoms with E-state index in [-0.39, 0.29) is 12.3 Å². The lowest BCUT2D eigenvalue weighted by molar-refractivity contribution is -0.138. The first-order chi connectivity index (χ1) is 5.52. The number of carboxylic acid groups (broad SMARTS) is 1. The quantitative estimate of drug-likeness (QED) is 0.667. The van der Waals surface area contributed by atoms with E-state index < -0.39 is 24.4 Å². The number of hydrogen-bond donors (Lipinski definition) is 2. The van der Waals surface area contributed by atoms with Crippen molar-refractivity contribution >= 4 is 5.97 Å². The highest BCUT2D eigenvalue weighted by Gasteiger charge is 2.45. The third-order valence-electron chi connectivity index (χ3n) is 2.17. The van der Waals surface area contributed by atoms with Crippen molar-refractivity contribution in [2.45, 2.75) is 25.3 Å². The van der Waals surface area contributed by atoms with Crippen molar-refractivity contribution in [2.24, 2.45) is 17.6 Å². The van der Waals surface area contributed by atoms with E-state index in [9.17, 15) is 13.6 Å². The molecule has 0 spiro atoms. The van der Waals surface area contributed by atoms with E-state index in [1.807, 2.05) is 0 Å². The van der Waals surface area contributed by atoms with E-state index in [0.717, 1.165) is 0 Å². The average Bonchev–Trinajstić information content (AvgIpc) is 2.67. The molecule has 3 nitrogen and oxygen atoms in total. The Hall–Kier alpha value is -0.710. The van der Waals surface area contributed by atoms with Crippen LogP contribution in [0.2, 0.25) is 0 Å². The van der Waals surface area contributed by atoms with Gasteiger partial charge in [-0.3, -0.25) is 4.79 Å². The van der Waals surface area contributed by atoms with E-state index in [2.05, 4.69) is 0 Å². The van der Waals surface area contributed by atoms with Gasteiger partial charge in [-0.2, -0.15) is 0 Å². The number of rotatable bonds is 4. The maximum absolute atomic E-state index is 11.9. The van der Waals surface area contributed by atoms with Crippen LogP contribution in [-0.4, -0.2) is 23.5 Å². The predicted octanol–water partition coefficient (Wildman–Crippen LogP) is 0.690. The second-order valence-corrected chi connectivity index (χ2v) is 3.17. The third kappa shape index (κ3) is 2.14. The molecule has 1 aliphatic rings. The van der Waals surface area contributed by atoms with Crippen LogP contribution in [0.5, 0.6) is 0 Å². The van der Waals surface area contributed by atoms with Crippen molar-refractivity contribution in [1.82, 2.24) is 0 Å². The SMILES string of the molecule is N[C@H](C[C@@H]1C[C@H]1C(F)F)C(=O)O. The molecular weight excluding hydrogens is 168 g/mol. The lowest BCUT2D eigenvalue weighted by Crippen LogP contribution is -2.30. The number of hydrogen-bond acceptors (Lipinski definition) is 2. The highest BCUT2D eigenvalue weighted by Crippen LogP contribution is 2.45. The minimum Gasteiger partial charge on any atom is -0.480 e. The third-order valence-corrected chi connectivity index (χ3v) is 2.17. The number of nitrogens with two attached hydrogens (primary N) is 1. The maximum Gasteiger partial charge on any atom is 0.320 e. The minimum absolute atomic E-state index is 0.171. The van der Waals surface area contributed by atoms with Crippen LogP contribution in [0.15, 0.2) is 0 Å². The van der Waals surface area contributed by atoms with E-state index in [1.54, 1.807) is 0 Å². The molecule has 1 rings (SSSR count). The van der Waals surface area contributed by atoms with Gasteiger partial charge in [0, 0.05) is 5.92 Å². The van der Waals surface area contributed by atoms with E-state index in [1.165, 1.54) is 0 Å². The molecule has 0 aromatic rings. The second kappa shape index (κ2) is 3.35. The van der Waals surface area contributed by atoms with Crippen molar-refractivity contribution in [2.75, 3.05) is 0 Å². The molecular formula is C7H11F2NO2. The van der Waals surface area contributed by atoms with E-state index in [4.69, 9.17) is 10.8 Å². The summed E-state index contributed by atoms with van der Waals surface area (Å²) in [6.07, 6.45) is -1.74. The summed E-state index contributed by atoms with van der Waals surface area (Å²) in [6.45, 7) is 0. The molecule has 0 aromatic carbocycles. The van der Waals surface area contributed by atoms with Crippen LogP contribution in [0.1, 0.15) is 12.8 Å². The van der Waals surface area contributed by atoms with Gasteiger partial charge in [0.1, 0.15) is 6.04 Å². The summed E-state index contributed by atoms with van der Waals surface area (Å²) < 4.78 is 23.9. The van der Waals surface area contributed by atoms with Gasteiger partial charge >= 0.3 is 5.97 Å². The molecule has 5 heteroatoms. The van der Waals surface area contributed by atoms with Gasteiger partial charge in [-0.15, -0.1) is 0 Å². The summed E-state index contributed by atoms with van der Waals surface area (Å²) in [7, 11) is 0. The fourth-order valence-electron chi connectivity index (χ4n) is 1.28. The first kappa shape index (κ1) is 9.38. The van der Waals surface area contributed by atoms with Crippen LogP contribution in [0.4, 0.5) is 8.78 Å². The van der Waals surface area contributed by atoms with Gasteiger partial charge in [0.05, 0.1) is 0 Å². The summed E-state index contributed by atoms with van der Waals surface area (Å²) in [5, 5.41) is 8.37. The van der Waals surface area contributed by atoms with Gasteiger partial charge in [-0.25, -0.2) is 8.78 Å². The second-order valence-electron chi connectivity index (χ2n) is 3.17. The topological polar surface area (TPSA) is 63.3 Å². The summed E-state index contributed by atoms with van der Waals surface area (Å²) in [5.74, 6) is -1.92. The molecule has 0 bridgehead atoms. The monoisotopic (exact) mass is 179 g/mol. The van der Waals surface area contributed by atoms with E-state index in [0.29, 0.717) is 6.42 Å². The zero-order valence-corrected chi connectivity index (χ0v) is 6.41. The maximum atomic E-state index is 11.9. The molecule has 3 atom stereocenters. The first-order valence-corrected chi connectivity index (χ1v) is 3.79. The molecule has 0 heterocycles. The Labute approximate surface area is 68.5 Å². The molecule has 0 aliphatic heterocycles. The molecule has 0 amide bonds. The largest absolute Gasteiger partial charge is 0.480 e. The van der Waals surface area contributed by atoms with Crippen LogP contribution in [0, 0.1) is 11.8 Å². The number of aliphatic carboxylic acids is 1. The van der Waals surface area contributed by atoms with Gasteiger partial charge in [0.15, 0.2) is 0 Å². The molecule has 0 saturated heterocycles. The van der Waals surface area contributed by atoms with Crippen molar-refractivity contribution in [3.8, 4) is 0 Å². The normalized spacial score (nSPS) is 30.3. The number of alkyl halides is 2. The van der Waals surface area contributed by atoms with Gasteiger partial charge in [-0.05, 0) is 18.8 Å². The van der Waals surface area contributed by atoms with Gasteiger partial charge in [0.25, 0.3) is 0 Å². The molecule has 0 unspecified atom stereocenters. The van der Waals surface area contributed by atoms with Crippen LogP contribution in [-0.2, 0) is 4.79 Å². The highest BCUT2D eigenvalue weighted by atomic mass is 19.3. The van der Waals surface area contributed by atoms with Crippen LogP contribution < -0.4 is 5.73 Å². The number of halogens is 2. The molecule has 0 aromatic heterocycles. The fourth-order valence-corrected chi connectivity index (χ4v) is 1.28.